The fourth-order valence-corrected chi connectivity index (χ4v) is 2.90. The summed E-state index contributed by atoms with van der Waals surface area (Å²) in [7, 11) is 0. The number of benzene rings is 2. The fraction of sp³-hybridized carbons (Fsp3) is 0.158. The first kappa shape index (κ1) is 14.5. The quantitative estimate of drug-likeness (QED) is 0.759. The van der Waals surface area contributed by atoms with Gasteiger partial charge in [-0.05, 0) is 37.1 Å². The van der Waals surface area contributed by atoms with Crippen LogP contribution in [0.25, 0.3) is 0 Å². The first-order chi connectivity index (χ1) is 11.7. The van der Waals surface area contributed by atoms with Crippen LogP contribution in [0.2, 0.25) is 0 Å². The summed E-state index contributed by atoms with van der Waals surface area (Å²) in [6.07, 6.45) is 0. The molecule has 5 nitrogen and oxygen atoms in total. The molecule has 4 rings (SSSR count). The molecule has 0 saturated carbocycles. The molecule has 0 bridgehead atoms. The van der Waals surface area contributed by atoms with Crippen LogP contribution in [0, 0.1) is 13.8 Å². The van der Waals surface area contributed by atoms with Gasteiger partial charge in [0.15, 0.2) is 11.7 Å². The highest BCUT2D eigenvalue weighted by Gasteiger charge is 2.21. The van der Waals surface area contributed by atoms with E-state index in [0.29, 0.717) is 5.82 Å². The van der Waals surface area contributed by atoms with Crippen molar-refractivity contribution >= 4 is 17.3 Å². The van der Waals surface area contributed by atoms with Crippen LogP contribution in [0.3, 0.4) is 0 Å². The number of rotatable bonds is 2. The molecule has 3 aromatic rings. The number of aliphatic imine (C=N–C) groups is 1. The standard InChI is InChI=1S/C19H19N5/c1-13-6-5-8-16(10-13)24-12-15-7-3-4-9-17(15)19(23-24)20-18-11-14(2)21-22-18/h3-11H,12H2,1-2H3,(H2,20,21,22,23). The van der Waals surface area contributed by atoms with Crippen molar-refractivity contribution in [3.63, 3.8) is 0 Å². The Hall–Kier alpha value is -3.08. The SMILES string of the molecule is Cc1cccc(N2Cc3ccccc3C(=Nc3cc(C)[nH]n3)N2)c1. The number of nitrogens with zero attached hydrogens (tertiary/aromatic N) is 3. The minimum Gasteiger partial charge on any atom is -0.282 e. The Morgan fingerprint density at radius 1 is 1.04 bits per heavy atom. The Bertz CT molecular complexity index is 909. The molecule has 1 aliphatic rings. The number of aryl methyl sites for hydroxylation is 2. The molecule has 0 saturated heterocycles. The molecule has 5 heteroatoms. The van der Waals surface area contributed by atoms with Gasteiger partial charge in [0.25, 0.3) is 0 Å². The Balaban J connectivity index is 1.76. The van der Waals surface area contributed by atoms with E-state index in [9.17, 15) is 0 Å². The Labute approximate surface area is 141 Å². The van der Waals surface area contributed by atoms with Crippen molar-refractivity contribution in [3.8, 4) is 0 Å². The number of aromatic nitrogens is 2. The van der Waals surface area contributed by atoms with Gasteiger partial charge in [-0.25, -0.2) is 4.99 Å². The molecule has 0 amide bonds. The first-order valence-corrected chi connectivity index (χ1v) is 7.99. The van der Waals surface area contributed by atoms with E-state index in [0.717, 1.165) is 29.3 Å². The van der Waals surface area contributed by atoms with Crippen molar-refractivity contribution in [2.24, 2.45) is 4.99 Å². The molecule has 0 aliphatic carbocycles. The van der Waals surface area contributed by atoms with Gasteiger partial charge in [-0.1, -0.05) is 36.4 Å². The highest BCUT2D eigenvalue weighted by molar-refractivity contribution is 6.03. The minimum absolute atomic E-state index is 0.677. The van der Waals surface area contributed by atoms with Crippen LogP contribution in [-0.4, -0.2) is 16.0 Å². The van der Waals surface area contributed by atoms with Gasteiger partial charge in [0.1, 0.15) is 0 Å². The second kappa shape index (κ2) is 5.85. The maximum atomic E-state index is 4.70. The molecule has 0 radical (unpaired) electrons. The Morgan fingerprint density at radius 3 is 2.71 bits per heavy atom. The average Bonchev–Trinajstić information content (AvgIpc) is 3.00. The predicted molar refractivity (Wildman–Crippen MR) is 96.5 cm³/mol. The van der Waals surface area contributed by atoms with Gasteiger partial charge in [0, 0.05) is 17.3 Å². The lowest BCUT2D eigenvalue weighted by molar-refractivity contribution is 0.741. The van der Waals surface area contributed by atoms with Crippen molar-refractivity contribution in [1.29, 1.82) is 0 Å². The van der Waals surface area contributed by atoms with Crippen molar-refractivity contribution in [2.45, 2.75) is 20.4 Å². The monoisotopic (exact) mass is 317 g/mol. The second-order valence-corrected chi connectivity index (χ2v) is 6.06. The lowest BCUT2D eigenvalue weighted by Gasteiger charge is -2.33. The van der Waals surface area contributed by atoms with Gasteiger partial charge < -0.3 is 0 Å². The molecule has 1 aromatic heterocycles. The van der Waals surface area contributed by atoms with Crippen LogP contribution in [0.15, 0.2) is 59.6 Å². The zero-order valence-electron chi connectivity index (χ0n) is 13.7. The van der Waals surface area contributed by atoms with E-state index in [1.165, 1.54) is 11.1 Å². The first-order valence-electron chi connectivity index (χ1n) is 7.99. The molecule has 2 heterocycles. The maximum absolute atomic E-state index is 4.70. The summed E-state index contributed by atoms with van der Waals surface area (Å²) in [5.74, 6) is 1.49. The van der Waals surface area contributed by atoms with Crippen molar-refractivity contribution in [3.05, 3.63) is 77.0 Å². The molecule has 1 aliphatic heterocycles. The van der Waals surface area contributed by atoms with Gasteiger partial charge in [0.05, 0.1) is 12.2 Å². The van der Waals surface area contributed by atoms with Crippen LogP contribution < -0.4 is 10.4 Å². The van der Waals surface area contributed by atoms with Gasteiger partial charge in [0.2, 0.25) is 0 Å². The van der Waals surface area contributed by atoms with Crippen LogP contribution in [0.1, 0.15) is 22.4 Å². The van der Waals surface area contributed by atoms with E-state index in [1.54, 1.807) is 0 Å². The summed E-state index contributed by atoms with van der Waals surface area (Å²) in [6.45, 7) is 4.86. The van der Waals surface area contributed by atoms with E-state index in [4.69, 9.17) is 4.99 Å². The Kier molecular flexibility index (Phi) is 3.54. The molecule has 0 unspecified atom stereocenters. The summed E-state index contributed by atoms with van der Waals surface area (Å²) in [5.41, 5.74) is 9.14. The number of nitrogens with one attached hydrogen (secondary N) is 2. The van der Waals surface area contributed by atoms with Gasteiger partial charge >= 0.3 is 0 Å². The lowest BCUT2D eigenvalue weighted by atomic mass is 10.0. The van der Waals surface area contributed by atoms with E-state index >= 15 is 0 Å². The number of amidine groups is 1. The minimum atomic E-state index is 0.677. The Morgan fingerprint density at radius 2 is 1.92 bits per heavy atom. The number of aromatic amines is 1. The van der Waals surface area contributed by atoms with Gasteiger partial charge in [-0.2, -0.15) is 5.10 Å². The van der Waals surface area contributed by atoms with Crippen LogP contribution in [0.4, 0.5) is 11.5 Å². The highest BCUT2D eigenvalue weighted by atomic mass is 15.5. The number of hydrogen-bond acceptors (Lipinski definition) is 3. The third-order valence-electron chi connectivity index (χ3n) is 4.07. The summed E-state index contributed by atoms with van der Waals surface area (Å²) in [5, 5.41) is 9.28. The third kappa shape index (κ3) is 2.76. The number of hydrazine groups is 1. The molecule has 2 N–H and O–H groups in total. The van der Waals surface area contributed by atoms with Crippen LogP contribution in [-0.2, 0) is 6.54 Å². The molecular weight excluding hydrogens is 298 g/mol. The van der Waals surface area contributed by atoms with E-state index in [-0.39, 0.29) is 0 Å². The fourth-order valence-electron chi connectivity index (χ4n) is 2.90. The molecule has 2 aromatic carbocycles. The van der Waals surface area contributed by atoms with Crippen LogP contribution in [0.5, 0.6) is 0 Å². The lowest BCUT2D eigenvalue weighted by Crippen LogP contribution is -2.46. The highest BCUT2D eigenvalue weighted by Crippen LogP contribution is 2.24. The molecular formula is C19H19N5. The second-order valence-electron chi connectivity index (χ2n) is 6.06. The van der Waals surface area contributed by atoms with Crippen LogP contribution >= 0.6 is 0 Å². The van der Waals surface area contributed by atoms with E-state index in [1.807, 2.05) is 19.1 Å². The third-order valence-corrected chi connectivity index (χ3v) is 4.07. The summed E-state index contributed by atoms with van der Waals surface area (Å²) in [6, 6.07) is 18.7. The topological polar surface area (TPSA) is 56.3 Å². The maximum Gasteiger partial charge on any atom is 0.176 e. The van der Waals surface area contributed by atoms with E-state index < -0.39 is 0 Å². The molecule has 0 spiro atoms. The van der Waals surface area contributed by atoms with Crippen molar-refractivity contribution in [2.75, 3.05) is 5.01 Å². The largest absolute Gasteiger partial charge is 0.282 e. The summed E-state index contributed by atoms with van der Waals surface area (Å²) < 4.78 is 0. The van der Waals surface area contributed by atoms with Crippen molar-refractivity contribution in [1.82, 2.24) is 15.6 Å². The normalized spacial score (nSPS) is 15.2. The molecule has 0 atom stereocenters. The predicted octanol–water partition coefficient (Wildman–Crippen LogP) is 3.63. The average molecular weight is 317 g/mol. The molecule has 120 valence electrons. The van der Waals surface area contributed by atoms with E-state index in [2.05, 4.69) is 70.0 Å². The van der Waals surface area contributed by atoms with Crippen molar-refractivity contribution < 1.29 is 0 Å². The number of fused-ring (bicyclic) bond motifs is 1. The number of H-pyrrole nitrogens is 1. The molecule has 24 heavy (non-hydrogen) atoms. The number of hydrogen-bond donors (Lipinski definition) is 2. The smallest absolute Gasteiger partial charge is 0.176 e. The summed E-state index contributed by atoms with van der Waals surface area (Å²) >= 11 is 0. The van der Waals surface area contributed by atoms with Gasteiger partial charge in [-0.15, -0.1) is 0 Å². The molecule has 0 fully saturated rings. The zero-order chi connectivity index (χ0) is 16.5. The number of anilines is 1. The van der Waals surface area contributed by atoms with Gasteiger partial charge in [-0.3, -0.25) is 15.5 Å². The summed E-state index contributed by atoms with van der Waals surface area (Å²) in [4.78, 5) is 4.70. The zero-order valence-corrected chi connectivity index (χ0v) is 13.7.